The molecule has 0 saturated heterocycles. The second-order valence-corrected chi connectivity index (χ2v) is 5.49. The number of rotatable bonds is 6. The number of hydrogen-bond acceptors (Lipinski definition) is 3. The molecule has 2 rings (SSSR count). The van der Waals surface area contributed by atoms with Gasteiger partial charge in [0.15, 0.2) is 0 Å². The van der Waals surface area contributed by atoms with Gasteiger partial charge in [-0.3, -0.25) is 4.79 Å². The van der Waals surface area contributed by atoms with Crippen LogP contribution < -0.4 is 11.1 Å². The summed E-state index contributed by atoms with van der Waals surface area (Å²) in [7, 11) is 0. The maximum Gasteiger partial charge on any atom is 0.230 e. The van der Waals surface area contributed by atoms with Gasteiger partial charge >= 0.3 is 0 Å². The third kappa shape index (κ3) is 4.97. The molecule has 0 saturated carbocycles. The fraction of sp³-hybridized carbons (Fsp3) is 0.188. The van der Waals surface area contributed by atoms with E-state index in [1.54, 1.807) is 11.8 Å². The van der Waals surface area contributed by atoms with Crippen molar-refractivity contribution in [2.45, 2.75) is 11.3 Å². The van der Waals surface area contributed by atoms with E-state index in [0.29, 0.717) is 12.3 Å². The van der Waals surface area contributed by atoms with Crippen molar-refractivity contribution in [1.29, 1.82) is 0 Å². The molecule has 2 aromatic rings. The summed E-state index contributed by atoms with van der Waals surface area (Å²) in [5.41, 5.74) is 7.56. The maximum atomic E-state index is 11.7. The highest BCUT2D eigenvalue weighted by Gasteiger charge is 2.02. The average Bonchev–Trinajstić information content (AvgIpc) is 2.48. The molecule has 3 nitrogen and oxygen atoms in total. The van der Waals surface area contributed by atoms with Crippen molar-refractivity contribution in [2.24, 2.45) is 0 Å². The van der Waals surface area contributed by atoms with Crippen LogP contribution in [0.3, 0.4) is 0 Å². The van der Waals surface area contributed by atoms with Gasteiger partial charge < -0.3 is 11.1 Å². The van der Waals surface area contributed by atoms with Crippen molar-refractivity contribution < 1.29 is 4.79 Å². The van der Waals surface area contributed by atoms with E-state index in [2.05, 4.69) is 5.32 Å². The van der Waals surface area contributed by atoms with Crippen molar-refractivity contribution in [3.63, 3.8) is 0 Å². The SMILES string of the molecule is Nc1ccc(CCNC(=O)CSc2ccccc2)cc1. The predicted molar refractivity (Wildman–Crippen MR) is 84.7 cm³/mol. The zero-order chi connectivity index (χ0) is 14.2. The molecule has 0 heterocycles. The van der Waals surface area contributed by atoms with Crippen LogP contribution in [0.5, 0.6) is 0 Å². The van der Waals surface area contributed by atoms with E-state index in [9.17, 15) is 4.79 Å². The van der Waals surface area contributed by atoms with Gasteiger partial charge in [-0.2, -0.15) is 0 Å². The number of nitrogens with one attached hydrogen (secondary N) is 1. The molecular formula is C16H18N2OS. The quantitative estimate of drug-likeness (QED) is 0.634. The molecule has 0 unspecified atom stereocenters. The second-order valence-electron chi connectivity index (χ2n) is 4.44. The third-order valence-corrected chi connectivity index (χ3v) is 3.84. The molecule has 104 valence electrons. The molecule has 0 spiro atoms. The normalized spacial score (nSPS) is 10.2. The van der Waals surface area contributed by atoms with E-state index >= 15 is 0 Å². The standard InChI is InChI=1S/C16H18N2OS/c17-14-8-6-13(7-9-14)10-11-18-16(19)12-20-15-4-2-1-3-5-15/h1-9H,10-12,17H2,(H,18,19). The van der Waals surface area contributed by atoms with Crippen molar-refractivity contribution in [2.75, 3.05) is 18.0 Å². The Kier molecular flexibility index (Phi) is 5.50. The highest BCUT2D eigenvalue weighted by Crippen LogP contribution is 2.16. The lowest BCUT2D eigenvalue weighted by molar-refractivity contribution is -0.118. The summed E-state index contributed by atoms with van der Waals surface area (Å²) in [4.78, 5) is 12.8. The van der Waals surface area contributed by atoms with Crippen LogP contribution in [0.4, 0.5) is 5.69 Å². The molecule has 0 aliphatic rings. The summed E-state index contributed by atoms with van der Waals surface area (Å²) < 4.78 is 0. The van der Waals surface area contributed by atoms with Gasteiger partial charge in [0.05, 0.1) is 5.75 Å². The summed E-state index contributed by atoms with van der Waals surface area (Å²) >= 11 is 1.55. The molecule has 0 atom stereocenters. The Labute approximate surface area is 123 Å². The molecule has 1 amide bonds. The summed E-state index contributed by atoms with van der Waals surface area (Å²) in [5.74, 6) is 0.514. The molecule has 0 aromatic heterocycles. The summed E-state index contributed by atoms with van der Waals surface area (Å²) in [5, 5.41) is 2.92. The van der Waals surface area contributed by atoms with Gasteiger partial charge in [-0.05, 0) is 36.2 Å². The molecule has 20 heavy (non-hydrogen) atoms. The van der Waals surface area contributed by atoms with E-state index in [1.165, 1.54) is 5.56 Å². The van der Waals surface area contributed by atoms with Crippen LogP contribution in [0, 0.1) is 0 Å². The lowest BCUT2D eigenvalue weighted by Crippen LogP contribution is -2.27. The molecule has 4 heteroatoms. The molecule has 0 aliphatic carbocycles. The van der Waals surface area contributed by atoms with Gasteiger partial charge in [0.25, 0.3) is 0 Å². The first-order chi connectivity index (χ1) is 9.74. The monoisotopic (exact) mass is 286 g/mol. The van der Waals surface area contributed by atoms with Crippen LogP contribution in [0.1, 0.15) is 5.56 Å². The maximum absolute atomic E-state index is 11.7. The van der Waals surface area contributed by atoms with Gasteiger partial charge in [0.2, 0.25) is 5.91 Å². The molecule has 3 N–H and O–H groups in total. The molecule has 0 radical (unpaired) electrons. The summed E-state index contributed by atoms with van der Waals surface area (Å²) in [6, 6.07) is 17.7. The molecule has 2 aromatic carbocycles. The predicted octanol–water partition coefficient (Wildman–Crippen LogP) is 2.72. The van der Waals surface area contributed by atoms with E-state index in [-0.39, 0.29) is 5.91 Å². The molecule has 0 fully saturated rings. The van der Waals surface area contributed by atoms with Gasteiger partial charge in [-0.1, -0.05) is 30.3 Å². The number of hydrogen-bond donors (Lipinski definition) is 2. The fourth-order valence-corrected chi connectivity index (χ4v) is 2.50. The van der Waals surface area contributed by atoms with Crippen LogP contribution >= 0.6 is 11.8 Å². The van der Waals surface area contributed by atoms with Crippen LogP contribution in [0.25, 0.3) is 0 Å². The lowest BCUT2D eigenvalue weighted by atomic mass is 10.1. The number of thioether (sulfide) groups is 1. The molecule has 0 aliphatic heterocycles. The fourth-order valence-electron chi connectivity index (χ4n) is 1.75. The Morgan fingerprint density at radius 1 is 1.05 bits per heavy atom. The average molecular weight is 286 g/mol. The van der Waals surface area contributed by atoms with Gasteiger partial charge in [-0.15, -0.1) is 11.8 Å². The van der Waals surface area contributed by atoms with Crippen LogP contribution in [0.15, 0.2) is 59.5 Å². The smallest absolute Gasteiger partial charge is 0.230 e. The van der Waals surface area contributed by atoms with Gasteiger partial charge in [0.1, 0.15) is 0 Å². The van der Waals surface area contributed by atoms with E-state index in [0.717, 1.165) is 17.0 Å². The number of nitrogen functional groups attached to an aromatic ring is 1. The molecular weight excluding hydrogens is 268 g/mol. The Hall–Kier alpha value is -1.94. The Balaban J connectivity index is 1.66. The summed E-state index contributed by atoms with van der Waals surface area (Å²) in [6.45, 7) is 0.651. The Morgan fingerprint density at radius 3 is 2.45 bits per heavy atom. The van der Waals surface area contributed by atoms with Crippen LogP contribution in [0.2, 0.25) is 0 Å². The van der Waals surface area contributed by atoms with Crippen molar-refractivity contribution >= 4 is 23.4 Å². The first kappa shape index (κ1) is 14.5. The number of nitrogens with two attached hydrogens (primary N) is 1. The van der Waals surface area contributed by atoms with Crippen molar-refractivity contribution in [3.05, 3.63) is 60.2 Å². The third-order valence-electron chi connectivity index (χ3n) is 2.83. The van der Waals surface area contributed by atoms with E-state index in [4.69, 9.17) is 5.73 Å². The van der Waals surface area contributed by atoms with E-state index in [1.807, 2.05) is 54.6 Å². The minimum absolute atomic E-state index is 0.0642. The largest absolute Gasteiger partial charge is 0.399 e. The van der Waals surface area contributed by atoms with Crippen molar-refractivity contribution in [3.8, 4) is 0 Å². The Bertz CT molecular complexity index is 540. The zero-order valence-corrected chi connectivity index (χ0v) is 12.0. The first-order valence-electron chi connectivity index (χ1n) is 6.53. The first-order valence-corrected chi connectivity index (χ1v) is 7.51. The minimum atomic E-state index is 0.0642. The topological polar surface area (TPSA) is 55.1 Å². The van der Waals surface area contributed by atoms with Gasteiger partial charge in [0, 0.05) is 17.1 Å². The zero-order valence-electron chi connectivity index (χ0n) is 11.2. The number of carbonyl (C=O) groups excluding carboxylic acids is 1. The number of benzene rings is 2. The van der Waals surface area contributed by atoms with Crippen molar-refractivity contribution in [1.82, 2.24) is 5.32 Å². The van der Waals surface area contributed by atoms with Gasteiger partial charge in [-0.25, -0.2) is 0 Å². The number of amides is 1. The highest BCUT2D eigenvalue weighted by molar-refractivity contribution is 8.00. The Morgan fingerprint density at radius 2 is 1.75 bits per heavy atom. The van der Waals surface area contributed by atoms with Crippen LogP contribution in [-0.4, -0.2) is 18.2 Å². The van der Waals surface area contributed by atoms with Crippen LogP contribution in [-0.2, 0) is 11.2 Å². The summed E-state index contributed by atoms with van der Waals surface area (Å²) in [6.07, 6.45) is 0.821. The number of carbonyl (C=O) groups is 1. The number of anilines is 1. The second kappa shape index (κ2) is 7.60. The molecule has 0 bridgehead atoms. The minimum Gasteiger partial charge on any atom is -0.399 e. The van der Waals surface area contributed by atoms with E-state index < -0.39 is 0 Å². The lowest BCUT2D eigenvalue weighted by Gasteiger charge is -2.05. The highest BCUT2D eigenvalue weighted by atomic mass is 32.2.